The smallest absolute Gasteiger partial charge is 0.119 e. The van der Waals surface area contributed by atoms with Crippen LogP contribution in [0.2, 0.25) is 0 Å². The Kier molecular flexibility index (Phi) is 5.58. The van der Waals surface area contributed by atoms with E-state index in [-0.39, 0.29) is 0 Å². The van der Waals surface area contributed by atoms with Crippen molar-refractivity contribution in [3.8, 4) is 5.75 Å². The highest BCUT2D eigenvalue weighted by atomic mass is 32.1. The number of nitrogens with zero attached hydrogens (tertiary/aromatic N) is 1. The van der Waals surface area contributed by atoms with Gasteiger partial charge in [0.1, 0.15) is 17.3 Å². The second-order valence-electron chi connectivity index (χ2n) is 4.65. The molecule has 21 heavy (non-hydrogen) atoms. The molecule has 0 atom stereocenters. The molecule has 0 amide bonds. The summed E-state index contributed by atoms with van der Waals surface area (Å²) < 4.78 is 5.77. The van der Waals surface area contributed by atoms with Crippen molar-refractivity contribution >= 4 is 22.9 Å². The molecule has 0 aliphatic heterocycles. The van der Waals surface area contributed by atoms with Gasteiger partial charge in [-0.25, -0.2) is 0 Å². The van der Waals surface area contributed by atoms with Gasteiger partial charge >= 0.3 is 0 Å². The zero-order chi connectivity index (χ0) is 15.1. The van der Waals surface area contributed by atoms with Gasteiger partial charge in [-0.15, -0.1) is 0 Å². The van der Waals surface area contributed by atoms with Crippen molar-refractivity contribution in [1.29, 1.82) is 0 Å². The van der Waals surface area contributed by atoms with Gasteiger partial charge in [0.2, 0.25) is 0 Å². The maximum atomic E-state index is 5.77. The number of para-hydroxylation sites is 1. The first-order chi connectivity index (χ1) is 10.2. The third-order valence-corrected chi connectivity index (χ3v) is 3.51. The van der Waals surface area contributed by atoms with Crippen molar-refractivity contribution in [2.75, 3.05) is 24.6 Å². The lowest BCUT2D eigenvalue weighted by molar-refractivity contribution is 0.324. The van der Waals surface area contributed by atoms with Crippen LogP contribution < -0.4 is 15.4 Å². The molecule has 0 bridgehead atoms. The van der Waals surface area contributed by atoms with Gasteiger partial charge in [-0.3, -0.25) is 0 Å². The molecule has 0 spiro atoms. The Balaban J connectivity index is 1.87. The molecule has 0 unspecified atom stereocenters. The molecular formula is C17H20N2OS. The molecule has 0 fully saturated rings. The molecule has 0 aliphatic carbocycles. The second kappa shape index (κ2) is 7.64. The zero-order valence-corrected chi connectivity index (χ0v) is 13.0. The molecule has 3 nitrogen and oxygen atoms in total. The van der Waals surface area contributed by atoms with Crippen LogP contribution in [0.5, 0.6) is 5.75 Å². The van der Waals surface area contributed by atoms with E-state index in [1.165, 1.54) is 5.69 Å². The lowest BCUT2D eigenvalue weighted by Crippen LogP contribution is -2.27. The Bertz CT molecular complexity index is 569. The van der Waals surface area contributed by atoms with Crippen LogP contribution in [0.15, 0.2) is 54.6 Å². The van der Waals surface area contributed by atoms with Crippen LogP contribution in [-0.2, 0) is 0 Å². The predicted octanol–water partition coefficient (Wildman–Crippen LogP) is 3.23. The minimum atomic E-state index is 0.405. The third-order valence-electron chi connectivity index (χ3n) is 3.27. The number of nitrogens with two attached hydrogens (primary N) is 1. The minimum Gasteiger partial charge on any atom is -0.492 e. The van der Waals surface area contributed by atoms with Crippen molar-refractivity contribution in [3.63, 3.8) is 0 Å². The monoisotopic (exact) mass is 300 g/mol. The van der Waals surface area contributed by atoms with Crippen molar-refractivity contribution < 1.29 is 4.74 Å². The fourth-order valence-corrected chi connectivity index (χ4v) is 2.23. The Morgan fingerprint density at radius 1 is 1.10 bits per heavy atom. The Labute approximate surface area is 131 Å². The average Bonchev–Trinajstić information content (AvgIpc) is 2.53. The predicted molar refractivity (Wildman–Crippen MR) is 92.2 cm³/mol. The highest BCUT2D eigenvalue weighted by Gasteiger charge is 2.04. The van der Waals surface area contributed by atoms with E-state index < -0.39 is 0 Å². The van der Waals surface area contributed by atoms with Crippen molar-refractivity contribution in [2.24, 2.45) is 5.73 Å². The molecule has 4 heteroatoms. The third kappa shape index (κ3) is 4.46. The van der Waals surface area contributed by atoms with Crippen LogP contribution in [0, 0.1) is 0 Å². The van der Waals surface area contributed by atoms with Gasteiger partial charge in [0.15, 0.2) is 0 Å². The van der Waals surface area contributed by atoms with Crippen LogP contribution in [0.25, 0.3) is 0 Å². The van der Waals surface area contributed by atoms with Crippen LogP contribution in [0.3, 0.4) is 0 Å². The number of hydrogen-bond donors (Lipinski definition) is 1. The van der Waals surface area contributed by atoms with Gasteiger partial charge in [-0.2, -0.15) is 0 Å². The van der Waals surface area contributed by atoms with Gasteiger partial charge in [0.25, 0.3) is 0 Å². The number of likely N-dealkylation sites (N-methyl/N-ethyl adjacent to an activating group) is 1. The first-order valence-electron chi connectivity index (χ1n) is 7.03. The number of benzene rings is 2. The molecule has 0 aromatic heterocycles. The summed E-state index contributed by atoms with van der Waals surface area (Å²) in [6, 6.07) is 17.9. The average molecular weight is 300 g/mol. The highest BCUT2D eigenvalue weighted by molar-refractivity contribution is 7.80. The molecule has 0 radical (unpaired) electrons. The summed E-state index contributed by atoms with van der Waals surface area (Å²) in [6.07, 6.45) is 0. The molecule has 0 saturated heterocycles. The normalized spacial score (nSPS) is 10.1. The molecule has 0 heterocycles. The first-order valence-corrected chi connectivity index (χ1v) is 7.44. The maximum absolute atomic E-state index is 5.77. The number of rotatable bonds is 7. The number of anilines is 1. The summed E-state index contributed by atoms with van der Waals surface area (Å²) >= 11 is 4.93. The maximum Gasteiger partial charge on any atom is 0.119 e. The van der Waals surface area contributed by atoms with E-state index in [0.29, 0.717) is 11.6 Å². The van der Waals surface area contributed by atoms with Crippen LogP contribution >= 0.6 is 12.2 Å². The molecule has 110 valence electrons. The summed E-state index contributed by atoms with van der Waals surface area (Å²) in [4.78, 5) is 2.69. The van der Waals surface area contributed by atoms with E-state index in [4.69, 9.17) is 22.7 Å². The summed E-state index contributed by atoms with van der Waals surface area (Å²) in [7, 11) is 0. The standard InChI is InChI=1S/C17H20N2OS/c1-2-19(15-6-4-3-5-7-15)12-13-20-16-10-8-14(9-11-16)17(18)21/h3-11H,2,12-13H2,1H3,(H2,18,21). The van der Waals surface area contributed by atoms with E-state index >= 15 is 0 Å². The molecule has 2 rings (SSSR count). The molecule has 0 aliphatic rings. The fraction of sp³-hybridized carbons (Fsp3) is 0.235. The Morgan fingerprint density at radius 2 is 1.76 bits per heavy atom. The molecule has 2 N–H and O–H groups in total. The van der Waals surface area contributed by atoms with E-state index in [1.54, 1.807) is 0 Å². The van der Waals surface area contributed by atoms with Gasteiger partial charge in [0.05, 0.1) is 6.54 Å². The SMILES string of the molecule is CCN(CCOc1ccc(C(N)=S)cc1)c1ccccc1. The summed E-state index contributed by atoms with van der Waals surface area (Å²) in [6.45, 7) is 4.57. The largest absolute Gasteiger partial charge is 0.492 e. The minimum absolute atomic E-state index is 0.405. The second-order valence-corrected chi connectivity index (χ2v) is 5.09. The van der Waals surface area contributed by atoms with Gasteiger partial charge in [0, 0.05) is 17.8 Å². The van der Waals surface area contributed by atoms with Crippen LogP contribution in [-0.4, -0.2) is 24.7 Å². The topological polar surface area (TPSA) is 38.5 Å². The van der Waals surface area contributed by atoms with Gasteiger partial charge in [-0.1, -0.05) is 30.4 Å². The molecular weight excluding hydrogens is 280 g/mol. The fourth-order valence-electron chi connectivity index (χ4n) is 2.10. The van der Waals surface area contributed by atoms with Crippen molar-refractivity contribution in [2.45, 2.75) is 6.92 Å². The summed E-state index contributed by atoms with van der Waals surface area (Å²) in [5, 5.41) is 0. The number of thiocarbonyl (C=S) groups is 1. The van der Waals surface area contributed by atoms with E-state index in [9.17, 15) is 0 Å². The Hall–Kier alpha value is -2.07. The number of ether oxygens (including phenoxy) is 1. The van der Waals surface area contributed by atoms with E-state index in [2.05, 4.69) is 24.0 Å². The van der Waals surface area contributed by atoms with Crippen LogP contribution in [0.4, 0.5) is 5.69 Å². The summed E-state index contributed by atoms with van der Waals surface area (Å²) in [5.41, 5.74) is 7.64. The van der Waals surface area contributed by atoms with E-state index in [0.717, 1.165) is 24.4 Å². The number of hydrogen-bond acceptors (Lipinski definition) is 3. The quantitative estimate of drug-likeness (QED) is 0.797. The van der Waals surface area contributed by atoms with Crippen molar-refractivity contribution in [3.05, 3.63) is 60.2 Å². The highest BCUT2D eigenvalue weighted by Crippen LogP contribution is 2.14. The van der Waals surface area contributed by atoms with Crippen LogP contribution in [0.1, 0.15) is 12.5 Å². The molecule has 0 saturated carbocycles. The van der Waals surface area contributed by atoms with Gasteiger partial charge < -0.3 is 15.4 Å². The van der Waals surface area contributed by atoms with Crippen molar-refractivity contribution in [1.82, 2.24) is 0 Å². The Morgan fingerprint density at radius 3 is 2.33 bits per heavy atom. The molecule has 2 aromatic rings. The lowest BCUT2D eigenvalue weighted by atomic mass is 10.2. The summed E-state index contributed by atoms with van der Waals surface area (Å²) in [5.74, 6) is 0.833. The lowest BCUT2D eigenvalue weighted by Gasteiger charge is -2.23. The molecule has 2 aromatic carbocycles. The van der Waals surface area contributed by atoms with Gasteiger partial charge in [-0.05, 0) is 43.3 Å². The zero-order valence-electron chi connectivity index (χ0n) is 12.2. The first kappa shape index (κ1) is 15.3. The van der Waals surface area contributed by atoms with E-state index in [1.807, 2.05) is 42.5 Å².